The summed E-state index contributed by atoms with van der Waals surface area (Å²) >= 11 is 10.9. The summed E-state index contributed by atoms with van der Waals surface area (Å²) in [5.74, 6) is -1.11. The van der Waals surface area contributed by atoms with Crippen LogP contribution in [0.15, 0.2) is 58.4 Å². The first-order chi connectivity index (χ1) is 13.0. The van der Waals surface area contributed by atoms with Gasteiger partial charge in [-0.2, -0.15) is 0 Å². The van der Waals surface area contributed by atoms with Crippen LogP contribution in [0.5, 0.6) is 0 Å². The number of thiophene rings is 1. The smallest absolute Gasteiger partial charge is 0.266 e. The number of carbonyl (C=O) groups is 3. The lowest BCUT2D eigenvalue weighted by molar-refractivity contribution is 0.0925. The molecule has 0 saturated carbocycles. The maximum absolute atomic E-state index is 12.6. The van der Waals surface area contributed by atoms with Crippen molar-refractivity contribution in [1.82, 2.24) is 0 Å². The predicted molar refractivity (Wildman–Crippen MR) is 109 cm³/mol. The van der Waals surface area contributed by atoms with E-state index < -0.39 is 11.8 Å². The molecular formula is C19H10BrClN2O3S. The predicted octanol–water partition coefficient (Wildman–Crippen LogP) is 5.22. The van der Waals surface area contributed by atoms with Gasteiger partial charge in [-0.15, -0.1) is 11.3 Å². The molecule has 27 heavy (non-hydrogen) atoms. The fraction of sp³-hybridized carbons (Fsp3) is 0. The van der Waals surface area contributed by atoms with Crippen molar-refractivity contribution in [3.05, 3.63) is 79.4 Å². The minimum Gasteiger partial charge on any atom is -0.321 e. The van der Waals surface area contributed by atoms with E-state index in [0.717, 1.165) is 8.69 Å². The minimum atomic E-state index is -0.419. The van der Waals surface area contributed by atoms with E-state index in [2.05, 4.69) is 21.2 Å². The molecule has 2 heterocycles. The normalized spacial score (nSPS) is 13.0. The van der Waals surface area contributed by atoms with Gasteiger partial charge < -0.3 is 5.32 Å². The second-order valence-electron chi connectivity index (χ2n) is 5.72. The first-order valence-corrected chi connectivity index (χ1v) is 9.78. The molecule has 134 valence electrons. The minimum absolute atomic E-state index is 0.190. The van der Waals surface area contributed by atoms with Gasteiger partial charge in [-0.3, -0.25) is 14.4 Å². The molecule has 0 unspecified atom stereocenters. The lowest BCUT2D eigenvalue weighted by Crippen LogP contribution is -2.29. The van der Waals surface area contributed by atoms with Gasteiger partial charge in [-0.25, -0.2) is 4.90 Å². The lowest BCUT2D eigenvalue weighted by Gasteiger charge is -2.16. The highest BCUT2D eigenvalue weighted by Gasteiger charge is 2.37. The van der Waals surface area contributed by atoms with Crippen molar-refractivity contribution in [2.24, 2.45) is 0 Å². The van der Waals surface area contributed by atoms with Crippen molar-refractivity contribution in [3.63, 3.8) is 0 Å². The summed E-state index contributed by atoms with van der Waals surface area (Å²) in [7, 11) is 0. The van der Waals surface area contributed by atoms with Gasteiger partial charge in [-0.1, -0.05) is 23.7 Å². The molecule has 0 bridgehead atoms. The Morgan fingerprint density at radius 2 is 1.67 bits per heavy atom. The zero-order chi connectivity index (χ0) is 19.1. The molecule has 2 aromatic carbocycles. The van der Waals surface area contributed by atoms with E-state index in [9.17, 15) is 14.4 Å². The quantitative estimate of drug-likeness (QED) is 0.544. The van der Waals surface area contributed by atoms with Crippen LogP contribution in [-0.2, 0) is 0 Å². The van der Waals surface area contributed by atoms with Crippen molar-refractivity contribution in [2.45, 2.75) is 0 Å². The van der Waals surface area contributed by atoms with E-state index in [1.54, 1.807) is 48.5 Å². The Morgan fingerprint density at radius 3 is 2.22 bits per heavy atom. The molecule has 1 aliphatic heterocycles. The third-order valence-corrected chi connectivity index (χ3v) is 5.96. The number of amides is 3. The highest BCUT2D eigenvalue weighted by molar-refractivity contribution is 9.11. The molecule has 0 saturated heterocycles. The zero-order valence-electron chi connectivity index (χ0n) is 13.5. The second-order valence-corrected chi connectivity index (χ2v) is 8.59. The number of hydrogen-bond acceptors (Lipinski definition) is 4. The Kier molecular flexibility index (Phi) is 4.59. The van der Waals surface area contributed by atoms with Crippen LogP contribution in [0.2, 0.25) is 5.02 Å². The zero-order valence-corrected chi connectivity index (χ0v) is 16.7. The molecule has 3 amide bonds. The number of anilines is 2. The molecule has 5 nitrogen and oxygen atoms in total. The molecule has 1 aliphatic rings. The number of halogens is 2. The third-order valence-electron chi connectivity index (χ3n) is 4.04. The van der Waals surface area contributed by atoms with Crippen LogP contribution in [0.25, 0.3) is 0 Å². The fourth-order valence-corrected chi connectivity index (χ4v) is 4.35. The monoisotopic (exact) mass is 460 g/mol. The Hall–Kier alpha value is -2.48. The van der Waals surface area contributed by atoms with Gasteiger partial charge in [0.25, 0.3) is 17.7 Å². The number of imide groups is 1. The summed E-state index contributed by atoms with van der Waals surface area (Å²) in [4.78, 5) is 39.0. The van der Waals surface area contributed by atoms with Crippen LogP contribution in [-0.4, -0.2) is 17.7 Å². The van der Waals surface area contributed by atoms with E-state index in [-0.39, 0.29) is 16.6 Å². The molecule has 4 rings (SSSR count). The van der Waals surface area contributed by atoms with E-state index in [1.807, 2.05) is 0 Å². The topological polar surface area (TPSA) is 66.5 Å². The van der Waals surface area contributed by atoms with Gasteiger partial charge in [0.05, 0.1) is 30.5 Å². The Labute approximate surface area is 171 Å². The number of hydrogen-bond donors (Lipinski definition) is 1. The van der Waals surface area contributed by atoms with Crippen molar-refractivity contribution in [3.8, 4) is 0 Å². The highest BCUT2D eigenvalue weighted by atomic mass is 79.9. The Bertz CT molecular complexity index is 1080. The highest BCUT2D eigenvalue weighted by Crippen LogP contribution is 2.35. The summed E-state index contributed by atoms with van der Waals surface area (Å²) in [6.45, 7) is 0. The summed E-state index contributed by atoms with van der Waals surface area (Å²) in [6.07, 6.45) is 0. The van der Waals surface area contributed by atoms with Gasteiger partial charge in [0.1, 0.15) is 0 Å². The lowest BCUT2D eigenvalue weighted by atomic mass is 10.1. The number of rotatable bonds is 3. The third kappa shape index (κ3) is 3.18. The summed E-state index contributed by atoms with van der Waals surface area (Å²) < 4.78 is 0.853. The van der Waals surface area contributed by atoms with Crippen LogP contribution in [0.1, 0.15) is 30.4 Å². The van der Waals surface area contributed by atoms with Crippen molar-refractivity contribution in [1.29, 1.82) is 0 Å². The maximum Gasteiger partial charge on any atom is 0.266 e. The van der Waals surface area contributed by atoms with E-state index >= 15 is 0 Å². The molecule has 0 fully saturated rings. The second kappa shape index (κ2) is 6.92. The first kappa shape index (κ1) is 17.9. The van der Waals surface area contributed by atoms with Crippen molar-refractivity contribution >= 4 is 68.0 Å². The SMILES string of the molecule is O=C(Nc1ccc(N2C(=O)c3ccccc3C2=O)c(Cl)c1)c1ccc(Br)s1. The summed E-state index contributed by atoms with van der Waals surface area (Å²) in [5.41, 5.74) is 1.44. The van der Waals surface area contributed by atoms with Gasteiger partial charge in [-0.05, 0) is 58.4 Å². The largest absolute Gasteiger partial charge is 0.321 e. The Balaban J connectivity index is 1.60. The average Bonchev–Trinajstić information content (AvgIpc) is 3.19. The fourth-order valence-electron chi connectivity index (χ4n) is 2.80. The number of carbonyl (C=O) groups excluding carboxylic acids is 3. The van der Waals surface area contributed by atoms with Gasteiger partial charge in [0.2, 0.25) is 0 Å². The molecule has 1 N–H and O–H groups in total. The summed E-state index contributed by atoms with van der Waals surface area (Å²) in [6, 6.07) is 14.8. The van der Waals surface area contributed by atoms with Crippen molar-refractivity contribution < 1.29 is 14.4 Å². The van der Waals surface area contributed by atoms with Crippen molar-refractivity contribution in [2.75, 3.05) is 10.2 Å². The van der Waals surface area contributed by atoms with Crippen LogP contribution in [0, 0.1) is 0 Å². The first-order valence-electron chi connectivity index (χ1n) is 7.80. The number of fused-ring (bicyclic) bond motifs is 1. The molecular weight excluding hydrogens is 452 g/mol. The van der Waals surface area contributed by atoms with Crippen LogP contribution >= 0.6 is 38.9 Å². The standard InChI is InChI=1S/C19H10BrClN2O3S/c20-16-8-7-15(27-16)17(24)22-10-5-6-14(13(21)9-10)23-18(25)11-3-1-2-4-12(11)19(23)26/h1-9H,(H,22,24). The van der Waals surface area contributed by atoms with Gasteiger partial charge in [0, 0.05) is 5.69 Å². The molecule has 8 heteroatoms. The maximum atomic E-state index is 12.6. The van der Waals surface area contributed by atoms with Crippen LogP contribution in [0.3, 0.4) is 0 Å². The number of nitrogens with one attached hydrogen (secondary N) is 1. The van der Waals surface area contributed by atoms with Gasteiger partial charge in [0.15, 0.2) is 0 Å². The molecule has 3 aromatic rings. The number of nitrogens with zero attached hydrogens (tertiary/aromatic N) is 1. The molecule has 1 aromatic heterocycles. The molecule has 0 radical (unpaired) electrons. The van der Waals surface area contributed by atoms with Gasteiger partial charge >= 0.3 is 0 Å². The van der Waals surface area contributed by atoms with E-state index in [0.29, 0.717) is 21.7 Å². The molecule has 0 atom stereocenters. The Morgan fingerprint density at radius 1 is 1.00 bits per heavy atom. The average molecular weight is 462 g/mol. The number of benzene rings is 2. The molecule has 0 spiro atoms. The van der Waals surface area contributed by atoms with E-state index in [1.165, 1.54) is 17.4 Å². The van der Waals surface area contributed by atoms with Crippen LogP contribution in [0.4, 0.5) is 11.4 Å². The molecule has 0 aliphatic carbocycles. The van der Waals surface area contributed by atoms with Crippen LogP contribution < -0.4 is 10.2 Å². The van der Waals surface area contributed by atoms with E-state index in [4.69, 9.17) is 11.6 Å². The summed E-state index contributed by atoms with van der Waals surface area (Å²) in [5, 5.41) is 2.94.